The Hall–Kier alpha value is -3.80. The maximum absolute atomic E-state index is 13.8. The average Bonchev–Trinajstić information content (AvgIpc) is 3.62. The standard InChI is InChI=1S/C31H34N2O4/c34-30(18-16-24-15-17-28-29(20-24)37-22-36-28)33(21-25-11-5-2-6-12-25)27(19-23-9-3-1-4-10-23)31(35)32-26-13-7-8-14-26/h1-6,9-12,15,17,20,26-27H,7-8,13-14,16,18-19,21-22H2,(H,32,35). The Morgan fingerprint density at radius 3 is 2.24 bits per heavy atom. The molecule has 0 saturated heterocycles. The Morgan fingerprint density at radius 2 is 1.51 bits per heavy atom. The third-order valence-corrected chi connectivity index (χ3v) is 7.23. The zero-order valence-corrected chi connectivity index (χ0v) is 21.1. The van der Waals surface area contributed by atoms with Crippen molar-refractivity contribution in [1.29, 1.82) is 0 Å². The normalized spacial score (nSPS) is 15.4. The number of aryl methyl sites for hydroxylation is 1. The third kappa shape index (κ3) is 6.50. The lowest BCUT2D eigenvalue weighted by Gasteiger charge is -2.32. The van der Waals surface area contributed by atoms with Gasteiger partial charge in [-0.1, -0.05) is 79.6 Å². The molecule has 3 aromatic rings. The van der Waals surface area contributed by atoms with Crippen LogP contribution in [0.1, 0.15) is 48.8 Å². The molecule has 0 aromatic heterocycles. The van der Waals surface area contributed by atoms with Crippen molar-refractivity contribution in [3.05, 3.63) is 95.6 Å². The number of benzene rings is 3. The SMILES string of the molecule is O=C(NC1CCCC1)C(Cc1ccccc1)N(Cc1ccccc1)C(=O)CCc1ccc2c(c1)OCO2. The van der Waals surface area contributed by atoms with Crippen molar-refractivity contribution in [2.24, 2.45) is 0 Å². The van der Waals surface area contributed by atoms with Crippen LogP contribution >= 0.6 is 0 Å². The van der Waals surface area contributed by atoms with Gasteiger partial charge in [0, 0.05) is 25.4 Å². The first-order chi connectivity index (χ1) is 18.2. The van der Waals surface area contributed by atoms with Gasteiger partial charge in [0.2, 0.25) is 18.6 Å². The second-order valence-electron chi connectivity index (χ2n) is 9.89. The number of amides is 2. The molecule has 1 unspecified atom stereocenters. The largest absolute Gasteiger partial charge is 0.454 e. The van der Waals surface area contributed by atoms with E-state index in [-0.39, 0.29) is 24.6 Å². The Kier molecular flexibility index (Phi) is 8.04. The second kappa shape index (κ2) is 12.0. The predicted molar refractivity (Wildman–Crippen MR) is 142 cm³/mol. The minimum atomic E-state index is -0.590. The lowest BCUT2D eigenvalue weighted by atomic mass is 10.0. The molecule has 192 valence electrons. The minimum Gasteiger partial charge on any atom is -0.454 e. The van der Waals surface area contributed by atoms with Gasteiger partial charge in [0.1, 0.15) is 6.04 Å². The molecule has 6 heteroatoms. The van der Waals surface area contributed by atoms with E-state index in [0.29, 0.717) is 31.6 Å². The van der Waals surface area contributed by atoms with Crippen LogP contribution in [0.15, 0.2) is 78.9 Å². The van der Waals surface area contributed by atoms with E-state index in [0.717, 1.165) is 48.1 Å². The first kappa shape index (κ1) is 24.9. The van der Waals surface area contributed by atoms with Gasteiger partial charge < -0.3 is 19.7 Å². The average molecular weight is 499 g/mol. The van der Waals surface area contributed by atoms with Crippen LogP contribution < -0.4 is 14.8 Å². The van der Waals surface area contributed by atoms with Gasteiger partial charge in [-0.15, -0.1) is 0 Å². The zero-order valence-electron chi connectivity index (χ0n) is 21.1. The van der Waals surface area contributed by atoms with E-state index in [1.807, 2.05) is 78.9 Å². The molecule has 1 atom stereocenters. The van der Waals surface area contributed by atoms with Crippen molar-refractivity contribution in [2.45, 2.75) is 63.6 Å². The van der Waals surface area contributed by atoms with Gasteiger partial charge in [0.05, 0.1) is 0 Å². The van der Waals surface area contributed by atoms with Crippen LogP contribution in [0.3, 0.4) is 0 Å². The molecule has 1 N–H and O–H groups in total. The maximum atomic E-state index is 13.8. The van der Waals surface area contributed by atoms with Crippen LogP contribution in [-0.4, -0.2) is 35.6 Å². The van der Waals surface area contributed by atoms with Crippen LogP contribution in [0.5, 0.6) is 11.5 Å². The summed E-state index contributed by atoms with van der Waals surface area (Å²) in [5.74, 6) is 1.34. The van der Waals surface area contributed by atoms with Crippen LogP contribution in [0.25, 0.3) is 0 Å². The molecule has 1 saturated carbocycles. The van der Waals surface area contributed by atoms with Crippen molar-refractivity contribution < 1.29 is 19.1 Å². The molecular formula is C31H34N2O4. The van der Waals surface area contributed by atoms with Gasteiger partial charge in [-0.05, 0) is 48.1 Å². The Bertz CT molecular complexity index is 1190. The lowest BCUT2D eigenvalue weighted by Crippen LogP contribution is -2.52. The third-order valence-electron chi connectivity index (χ3n) is 7.23. The molecule has 0 bridgehead atoms. The van der Waals surface area contributed by atoms with Crippen LogP contribution in [-0.2, 0) is 29.0 Å². The summed E-state index contributed by atoms with van der Waals surface area (Å²) in [6, 6.07) is 25.3. The number of nitrogens with zero attached hydrogens (tertiary/aromatic N) is 1. The summed E-state index contributed by atoms with van der Waals surface area (Å²) >= 11 is 0. The molecule has 5 rings (SSSR count). The van der Waals surface area contributed by atoms with E-state index in [1.54, 1.807) is 4.90 Å². The van der Waals surface area contributed by atoms with Crippen LogP contribution in [0.4, 0.5) is 0 Å². The van der Waals surface area contributed by atoms with E-state index >= 15 is 0 Å². The van der Waals surface area contributed by atoms with E-state index < -0.39 is 6.04 Å². The summed E-state index contributed by atoms with van der Waals surface area (Å²) in [5.41, 5.74) is 3.05. The maximum Gasteiger partial charge on any atom is 0.243 e. The molecule has 1 aliphatic heterocycles. The minimum absolute atomic E-state index is 0.0379. The number of fused-ring (bicyclic) bond motifs is 1. The molecule has 0 spiro atoms. The quantitative estimate of drug-likeness (QED) is 0.425. The summed E-state index contributed by atoms with van der Waals surface area (Å²) in [5, 5.41) is 3.26. The smallest absolute Gasteiger partial charge is 0.243 e. The monoisotopic (exact) mass is 498 g/mol. The molecule has 2 amide bonds. The van der Waals surface area contributed by atoms with Crippen molar-refractivity contribution in [2.75, 3.05) is 6.79 Å². The van der Waals surface area contributed by atoms with Gasteiger partial charge >= 0.3 is 0 Å². The van der Waals surface area contributed by atoms with Gasteiger partial charge in [0.15, 0.2) is 11.5 Å². The first-order valence-corrected chi connectivity index (χ1v) is 13.2. The number of rotatable bonds is 10. The molecule has 1 fully saturated rings. The number of ether oxygens (including phenoxy) is 2. The van der Waals surface area contributed by atoms with Crippen molar-refractivity contribution in [3.63, 3.8) is 0 Å². The highest BCUT2D eigenvalue weighted by atomic mass is 16.7. The Balaban J connectivity index is 1.38. The summed E-state index contributed by atoms with van der Waals surface area (Å²) in [6.45, 7) is 0.607. The van der Waals surface area contributed by atoms with E-state index in [9.17, 15) is 9.59 Å². The molecule has 1 heterocycles. The molecular weight excluding hydrogens is 464 g/mol. The highest BCUT2D eigenvalue weighted by molar-refractivity contribution is 5.88. The van der Waals surface area contributed by atoms with Gasteiger partial charge in [-0.2, -0.15) is 0 Å². The molecule has 2 aliphatic rings. The fourth-order valence-corrected chi connectivity index (χ4v) is 5.19. The summed E-state index contributed by atoms with van der Waals surface area (Å²) in [6.07, 6.45) is 5.60. The molecule has 37 heavy (non-hydrogen) atoms. The van der Waals surface area contributed by atoms with Gasteiger partial charge in [-0.25, -0.2) is 0 Å². The van der Waals surface area contributed by atoms with Crippen molar-refractivity contribution in [1.82, 2.24) is 10.2 Å². The Labute approximate surface area is 218 Å². The fourth-order valence-electron chi connectivity index (χ4n) is 5.19. The lowest BCUT2D eigenvalue weighted by molar-refractivity contribution is -0.141. The van der Waals surface area contributed by atoms with Gasteiger partial charge in [0.25, 0.3) is 0 Å². The molecule has 1 aliphatic carbocycles. The molecule has 3 aromatic carbocycles. The first-order valence-electron chi connectivity index (χ1n) is 13.2. The summed E-state index contributed by atoms with van der Waals surface area (Å²) in [4.78, 5) is 29.3. The number of nitrogens with one attached hydrogen (secondary N) is 1. The van der Waals surface area contributed by atoms with E-state index in [4.69, 9.17) is 9.47 Å². The second-order valence-corrected chi connectivity index (χ2v) is 9.89. The summed E-state index contributed by atoms with van der Waals surface area (Å²) < 4.78 is 10.9. The molecule has 0 radical (unpaired) electrons. The van der Waals surface area contributed by atoms with Crippen LogP contribution in [0.2, 0.25) is 0 Å². The van der Waals surface area contributed by atoms with Crippen molar-refractivity contribution in [3.8, 4) is 11.5 Å². The van der Waals surface area contributed by atoms with Crippen LogP contribution in [0, 0.1) is 0 Å². The van der Waals surface area contributed by atoms with Gasteiger partial charge in [-0.3, -0.25) is 9.59 Å². The van der Waals surface area contributed by atoms with Crippen molar-refractivity contribution >= 4 is 11.8 Å². The highest BCUT2D eigenvalue weighted by Crippen LogP contribution is 2.33. The molecule has 6 nitrogen and oxygen atoms in total. The zero-order chi connectivity index (χ0) is 25.5. The number of hydrogen-bond donors (Lipinski definition) is 1. The highest BCUT2D eigenvalue weighted by Gasteiger charge is 2.32. The fraction of sp³-hybridized carbons (Fsp3) is 0.355. The number of carbonyl (C=O) groups is 2. The summed E-state index contributed by atoms with van der Waals surface area (Å²) in [7, 11) is 0. The predicted octanol–water partition coefficient (Wildman–Crippen LogP) is 5.05. The topological polar surface area (TPSA) is 67.9 Å². The van der Waals surface area contributed by atoms with E-state index in [2.05, 4.69) is 5.32 Å². The van der Waals surface area contributed by atoms with E-state index in [1.165, 1.54) is 0 Å². The number of carbonyl (C=O) groups excluding carboxylic acids is 2. The Morgan fingerprint density at radius 1 is 0.838 bits per heavy atom. The number of hydrogen-bond acceptors (Lipinski definition) is 4.